The van der Waals surface area contributed by atoms with Gasteiger partial charge in [-0.1, -0.05) is 6.42 Å². The van der Waals surface area contributed by atoms with Crippen LogP contribution in [-0.2, 0) is 0 Å². The van der Waals surface area contributed by atoms with Gasteiger partial charge in [-0.25, -0.2) is 0 Å². The van der Waals surface area contributed by atoms with Crippen molar-refractivity contribution in [2.24, 2.45) is 0 Å². The van der Waals surface area contributed by atoms with Gasteiger partial charge in [0, 0.05) is 23.2 Å². The minimum Gasteiger partial charge on any atom is -0.335 e. The molecule has 0 amide bonds. The second-order valence-corrected chi connectivity index (χ2v) is 5.85. The summed E-state index contributed by atoms with van der Waals surface area (Å²) in [5, 5.41) is 0.820. The van der Waals surface area contributed by atoms with E-state index >= 15 is 0 Å². The molecule has 1 saturated carbocycles. The van der Waals surface area contributed by atoms with E-state index in [-0.39, 0.29) is 0 Å². The van der Waals surface area contributed by atoms with E-state index in [0.29, 0.717) is 6.04 Å². The van der Waals surface area contributed by atoms with Crippen molar-refractivity contribution in [3.8, 4) is 0 Å². The molecule has 0 radical (unpaired) electrons. The lowest BCUT2D eigenvalue weighted by atomic mass is 9.95. The summed E-state index contributed by atoms with van der Waals surface area (Å²) in [6.45, 7) is 2.07. The van der Waals surface area contributed by atoms with Gasteiger partial charge in [-0.15, -0.1) is 0 Å². The molecule has 1 fully saturated rings. The maximum atomic E-state index is 5.33. The Morgan fingerprint density at radius 2 is 2.33 bits per heavy atom. The van der Waals surface area contributed by atoms with Crippen molar-refractivity contribution in [2.75, 3.05) is 6.26 Å². The molecule has 15 heavy (non-hydrogen) atoms. The van der Waals surface area contributed by atoms with Crippen LogP contribution in [-0.4, -0.2) is 21.1 Å². The smallest absolute Gasteiger partial charge is 0.177 e. The van der Waals surface area contributed by atoms with E-state index in [1.54, 1.807) is 0 Å². The third kappa shape index (κ3) is 2.48. The fraction of sp³-hybridized carbons (Fsp3) is 0.727. The van der Waals surface area contributed by atoms with Gasteiger partial charge in [0.05, 0.1) is 0 Å². The van der Waals surface area contributed by atoms with Crippen LogP contribution in [0.3, 0.4) is 0 Å². The SMILES string of the molecule is CSC1CCCC(n2cc(C)[nH]c2=S)C1. The zero-order chi connectivity index (χ0) is 10.8. The van der Waals surface area contributed by atoms with Gasteiger partial charge in [0.25, 0.3) is 0 Å². The van der Waals surface area contributed by atoms with Crippen molar-refractivity contribution < 1.29 is 0 Å². The Bertz CT molecular complexity index is 380. The second-order valence-electron chi connectivity index (χ2n) is 4.33. The van der Waals surface area contributed by atoms with Crippen LogP contribution in [0.1, 0.15) is 37.4 Å². The molecule has 1 heterocycles. The van der Waals surface area contributed by atoms with Gasteiger partial charge in [0.2, 0.25) is 0 Å². The van der Waals surface area contributed by atoms with E-state index in [4.69, 9.17) is 12.2 Å². The number of thioether (sulfide) groups is 1. The van der Waals surface area contributed by atoms with E-state index in [9.17, 15) is 0 Å². The van der Waals surface area contributed by atoms with Gasteiger partial charge in [-0.3, -0.25) is 0 Å². The summed E-state index contributed by atoms with van der Waals surface area (Å²) in [5.74, 6) is 0. The number of aromatic nitrogens is 2. The number of imidazole rings is 1. The van der Waals surface area contributed by atoms with E-state index in [1.807, 2.05) is 11.8 Å². The molecule has 1 N–H and O–H groups in total. The van der Waals surface area contributed by atoms with Crippen LogP contribution < -0.4 is 0 Å². The minimum atomic E-state index is 0.619. The maximum absolute atomic E-state index is 5.33. The minimum absolute atomic E-state index is 0.619. The first-order chi connectivity index (χ1) is 7.20. The lowest BCUT2D eigenvalue weighted by Gasteiger charge is -2.28. The van der Waals surface area contributed by atoms with Crippen molar-refractivity contribution in [3.63, 3.8) is 0 Å². The third-order valence-electron chi connectivity index (χ3n) is 3.20. The summed E-state index contributed by atoms with van der Waals surface area (Å²) in [5.41, 5.74) is 1.17. The quantitative estimate of drug-likeness (QED) is 0.798. The van der Waals surface area contributed by atoms with Gasteiger partial charge in [-0.2, -0.15) is 11.8 Å². The van der Waals surface area contributed by atoms with Gasteiger partial charge in [0.1, 0.15) is 0 Å². The highest BCUT2D eigenvalue weighted by Gasteiger charge is 2.22. The number of hydrogen-bond acceptors (Lipinski definition) is 2. The van der Waals surface area contributed by atoms with Crippen LogP contribution in [0, 0.1) is 11.7 Å². The molecule has 1 aromatic rings. The molecule has 2 atom stereocenters. The first-order valence-corrected chi connectivity index (χ1v) is 7.21. The third-order valence-corrected chi connectivity index (χ3v) is 4.60. The molecule has 0 aromatic carbocycles. The summed E-state index contributed by atoms with van der Waals surface area (Å²) in [6.07, 6.45) is 9.64. The molecule has 2 nitrogen and oxygen atoms in total. The Morgan fingerprint density at radius 3 is 2.93 bits per heavy atom. The molecule has 2 rings (SSSR count). The Kier molecular flexibility index (Phi) is 3.57. The number of hydrogen-bond donors (Lipinski definition) is 1. The summed E-state index contributed by atoms with van der Waals surface area (Å²) >= 11 is 7.33. The molecule has 0 spiro atoms. The fourth-order valence-electron chi connectivity index (χ4n) is 2.39. The lowest BCUT2D eigenvalue weighted by molar-refractivity contribution is 0.358. The molecular weight excluding hydrogens is 224 g/mol. The zero-order valence-electron chi connectivity index (χ0n) is 9.32. The molecule has 1 aliphatic rings. The number of nitrogens with one attached hydrogen (secondary N) is 1. The molecule has 4 heteroatoms. The van der Waals surface area contributed by atoms with Gasteiger partial charge < -0.3 is 9.55 Å². The molecule has 84 valence electrons. The van der Waals surface area contributed by atoms with E-state index in [2.05, 4.69) is 28.9 Å². The van der Waals surface area contributed by atoms with E-state index in [1.165, 1.54) is 31.4 Å². The average Bonchev–Trinajstić information content (AvgIpc) is 2.58. The van der Waals surface area contributed by atoms with Crippen LogP contribution in [0.4, 0.5) is 0 Å². The molecule has 2 unspecified atom stereocenters. The van der Waals surface area contributed by atoms with Crippen LogP contribution in [0.15, 0.2) is 6.20 Å². The highest BCUT2D eigenvalue weighted by atomic mass is 32.2. The number of aromatic amines is 1. The standard InChI is InChI=1S/C11H18N2S2/c1-8-7-13(11(14)12-8)9-4-3-5-10(6-9)15-2/h7,9-10H,3-6H2,1-2H3,(H,12,14). The Morgan fingerprint density at radius 1 is 1.53 bits per heavy atom. The van der Waals surface area contributed by atoms with Gasteiger partial charge in [0.15, 0.2) is 4.77 Å². The van der Waals surface area contributed by atoms with Gasteiger partial charge >= 0.3 is 0 Å². The largest absolute Gasteiger partial charge is 0.335 e. The Labute approximate surface area is 100 Å². The Balaban J connectivity index is 2.16. The molecule has 1 aromatic heterocycles. The molecule has 1 aliphatic carbocycles. The van der Waals surface area contributed by atoms with Crippen LogP contribution in [0.25, 0.3) is 0 Å². The molecule has 0 bridgehead atoms. The van der Waals surface area contributed by atoms with E-state index in [0.717, 1.165) is 10.0 Å². The van der Waals surface area contributed by atoms with Crippen molar-refractivity contribution in [3.05, 3.63) is 16.7 Å². The van der Waals surface area contributed by atoms with Crippen LogP contribution in [0.2, 0.25) is 0 Å². The van der Waals surface area contributed by atoms with Crippen LogP contribution >= 0.6 is 24.0 Å². The zero-order valence-corrected chi connectivity index (χ0v) is 11.0. The lowest BCUT2D eigenvalue weighted by Crippen LogP contribution is -2.20. The first kappa shape index (κ1) is 11.3. The maximum Gasteiger partial charge on any atom is 0.177 e. The van der Waals surface area contributed by atoms with Crippen molar-refractivity contribution in [2.45, 2.75) is 43.9 Å². The van der Waals surface area contributed by atoms with E-state index < -0.39 is 0 Å². The number of H-pyrrole nitrogens is 1. The molecule has 0 saturated heterocycles. The molecular formula is C11H18N2S2. The number of aryl methyl sites for hydroxylation is 1. The van der Waals surface area contributed by atoms with Crippen molar-refractivity contribution >= 4 is 24.0 Å². The van der Waals surface area contributed by atoms with Crippen molar-refractivity contribution in [1.82, 2.24) is 9.55 Å². The number of rotatable bonds is 2. The topological polar surface area (TPSA) is 20.7 Å². The summed E-state index contributed by atoms with van der Waals surface area (Å²) in [7, 11) is 0. The summed E-state index contributed by atoms with van der Waals surface area (Å²) < 4.78 is 3.15. The molecule has 0 aliphatic heterocycles. The van der Waals surface area contributed by atoms with Crippen LogP contribution in [0.5, 0.6) is 0 Å². The average molecular weight is 242 g/mol. The van der Waals surface area contributed by atoms with Gasteiger partial charge in [-0.05, 0) is 44.7 Å². The van der Waals surface area contributed by atoms with Crippen molar-refractivity contribution in [1.29, 1.82) is 0 Å². The highest BCUT2D eigenvalue weighted by molar-refractivity contribution is 7.99. The predicted octanol–water partition coefficient (Wildman–Crippen LogP) is 3.70. The normalized spacial score (nSPS) is 26.8. The monoisotopic (exact) mass is 242 g/mol. The highest BCUT2D eigenvalue weighted by Crippen LogP contribution is 2.34. The summed E-state index contributed by atoms with van der Waals surface area (Å²) in [4.78, 5) is 3.21. The first-order valence-electron chi connectivity index (χ1n) is 5.51. The fourth-order valence-corrected chi connectivity index (χ4v) is 3.57. The Hall–Kier alpha value is -0.220. The summed E-state index contributed by atoms with van der Waals surface area (Å²) in [6, 6.07) is 0.619. The second kappa shape index (κ2) is 4.74. The predicted molar refractivity (Wildman–Crippen MR) is 69.2 cm³/mol. The number of nitrogens with zero attached hydrogens (tertiary/aromatic N) is 1.